The molecule has 3 aromatic rings. The Bertz CT molecular complexity index is 869. The molecule has 0 aliphatic heterocycles. The van der Waals surface area contributed by atoms with Crippen molar-refractivity contribution < 1.29 is 23.5 Å². The van der Waals surface area contributed by atoms with Crippen LogP contribution in [0, 0.1) is 5.82 Å². The summed E-state index contributed by atoms with van der Waals surface area (Å²) in [6.45, 7) is 0.323. The SMILES string of the molecule is O=COc1ccc(OC(=O)c2ccc(-c3ccc(F)cc3)cc2)cc1. The Morgan fingerprint density at radius 3 is 1.84 bits per heavy atom. The first kappa shape index (κ1) is 16.4. The van der Waals surface area contributed by atoms with Gasteiger partial charge in [0.25, 0.3) is 6.47 Å². The lowest BCUT2D eigenvalue weighted by molar-refractivity contribution is -0.120. The fraction of sp³-hybridized carbons (Fsp3) is 0. The van der Waals surface area contributed by atoms with Crippen LogP contribution in [-0.2, 0) is 4.79 Å². The molecule has 3 aromatic carbocycles. The summed E-state index contributed by atoms with van der Waals surface area (Å²) in [6.07, 6.45) is 0. The standard InChI is InChI=1S/C20H13FO4/c21-17-7-5-15(6-8-17)14-1-3-16(4-2-14)20(23)25-19-11-9-18(10-12-19)24-13-22/h1-13H. The van der Waals surface area contributed by atoms with Crippen molar-refractivity contribution in [3.8, 4) is 22.6 Å². The maximum absolute atomic E-state index is 13.0. The van der Waals surface area contributed by atoms with Crippen LogP contribution in [-0.4, -0.2) is 12.4 Å². The Kier molecular flexibility index (Phi) is 4.85. The molecule has 0 radical (unpaired) electrons. The Balaban J connectivity index is 1.70. The smallest absolute Gasteiger partial charge is 0.343 e. The summed E-state index contributed by atoms with van der Waals surface area (Å²) >= 11 is 0. The van der Waals surface area contributed by atoms with Gasteiger partial charge in [-0.25, -0.2) is 9.18 Å². The summed E-state index contributed by atoms with van der Waals surface area (Å²) in [6, 6.07) is 19.0. The second-order valence-corrected chi connectivity index (χ2v) is 5.16. The molecule has 0 amide bonds. The van der Waals surface area contributed by atoms with Crippen molar-refractivity contribution in [2.24, 2.45) is 0 Å². The summed E-state index contributed by atoms with van der Waals surface area (Å²) in [7, 11) is 0. The van der Waals surface area contributed by atoms with Gasteiger partial charge >= 0.3 is 5.97 Å². The summed E-state index contributed by atoms with van der Waals surface area (Å²) in [4.78, 5) is 22.4. The van der Waals surface area contributed by atoms with Crippen molar-refractivity contribution in [3.05, 3.63) is 84.2 Å². The first-order valence-corrected chi connectivity index (χ1v) is 7.44. The second-order valence-electron chi connectivity index (χ2n) is 5.16. The summed E-state index contributed by atoms with van der Waals surface area (Å²) < 4.78 is 22.9. The van der Waals surface area contributed by atoms with E-state index in [2.05, 4.69) is 4.74 Å². The average molecular weight is 336 g/mol. The van der Waals surface area contributed by atoms with E-state index in [1.165, 1.54) is 36.4 Å². The average Bonchev–Trinajstić information content (AvgIpc) is 2.64. The molecule has 0 aliphatic carbocycles. The third-order valence-corrected chi connectivity index (χ3v) is 3.52. The van der Waals surface area contributed by atoms with E-state index in [0.717, 1.165) is 11.1 Å². The molecule has 0 atom stereocenters. The highest BCUT2D eigenvalue weighted by molar-refractivity contribution is 5.91. The number of benzene rings is 3. The van der Waals surface area contributed by atoms with Crippen LogP contribution in [0.1, 0.15) is 10.4 Å². The van der Waals surface area contributed by atoms with Crippen LogP contribution in [0.5, 0.6) is 11.5 Å². The molecule has 25 heavy (non-hydrogen) atoms. The minimum absolute atomic E-state index is 0.298. The Morgan fingerprint density at radius 1 is 0.760 bits per heavy atom. The number of carbonyl (C=O) groups is 2. The Morgan fingerprint density at radius 2 is 1.28 bits per heavy atom. The third-order valence-electron chi connectivity index (χ3n) is 3.52. The quantitative estimate of drug-likeness (QED) is 0.397. The third kappa shape index (κ3) is 4.09. The van der Waals surface area contributed by atoms with Gasteiger partial charge in [0.1, 0.15) is 17.3 Å². The maximum Gasteiger partial charge on any atom is 0.343 e. The minimum atomic E-state index is -0.505. The molecule has 0 saturated carbocycles. The summed E-state index contributed by atoms with van der Waals surface area (Å²) in [5.74, 6) is -0.104. The molecule has 0 bridgehead atoms. The molecule has 0 aliphatic rings. The van der Waals surface area contributed by atoms with Crippen molar-refractivity contribution in [2.75, 3.05) is 0 Å². The topological polar surface area (TPSA) is 52.6 Å². The highest BCUT2D eigenvalue weighted by Crippen LogP contribution is 2.22. The molecule has 0 aromatic heterocycles. The van der Waals surface area contributed by atoms with Crippen molar-refractivity contribution in [2.45, 2.75) is 0 Å². The molecular weight excluding hydrogens is 323 g/mol. The normalized spacial score (nSPS) is 10.1. The van der Waals surface area contributed by atoms with Crippen LogP contribution in [0.2, 0.25) is 0 Å². The molecule has 0 heterocycles. The highest BCUT2D eigenvalue weighted by Gasteiger charge is 2.09. The summed E-state index contributed by atoms with van der Waals surface area (Å²) in [5.41, 5.74) is 2.11. The first-order chi connectivity index (χ1) is 12.2. The fourth-order valence-corrected chi connectivity index (χ4v) is 2.25. The van der Waals surface area contributed by atoms with E-state index in [1.807, 2.05) is 0 Å². The van der Waals surface area contributed by atoms with Crippen LogP contribution < -0.4 is 9.47 Å². The number of rotatable bonds is 5. The van der Waals surface area contributed by atoms with E-state index in [1.54, 1.807) is 36.4 Å². The molecule has 0 spiro atoms. The lowest BCUT2D eigenvalue weighted by atomic mass is 10.0. The van der Waals surface area contributed by atoms with Gasteiger partial charge in [-0.05, 0) is 59.7 Å². The minimum Gasteiger partial charge on any atom is -0.429 e. The molecule has 0 N–H and O–H groups in total. The van der Waals surface area contributed by atoms with Gasteiger partial charge in [-0.15, -0.1) is 0 Å². The number of halogens is 1. The number of hydrogen-bond donors (Lipinski definition) is 0. The van der Waals surface area contributed by atoms with Crippen LogP contribution in [0.4, 0.5) is 4.39 Å². The largest absolute Gasteiger partial charge is 0.429 e. The van der Waals surface area contributed by atoms with Gasteiger partial charge in [0.2, 0.25) is 0 Å². The fourth-order valence-electron chi connectivity index (χ4n) is 2.25. The summed E-state index contributed by atoms with van der Waals surface area (Å²) in [5, 5.41) is 0. The van der Waals surface area contributed by atoms with Crippen molar-refractivity contribution in [3.63, 3.8) is 0 Å². The van der Waals surface area contributed by atoms with E-state index < -0.39 is 5.97 Å². The van der Waals surface area contributed by atoms with Crippen molar-refractivity contribution in [1.82, 2.24) is 0 Å². The zero-order chi connectivity index (χ0) is 17.6. The Labute approximate surface area is 143 Å². The van der Waals surface area contributed by atoms with E-state index >= 15 is 0 Å². The van der Waals surface area contributed by atoms with Crippen LogP contribution >= 0.6 is 0 Å². The number of ether oxygens (including phenoxy) is 2. The Hall–Kier alpha value is -3.47. The van der Waals surface area contributed by atoms with Crippen molar-refractivity contribution in [1.29, 1.82) is 0 Å². The van der Waals surface area contributed by atoms with Gasteiger partial charge in [-0.3, -0.25) is 4.79 Å². The monoisotopic (exact) mass is 336 g/mol. The van der Waals surface area contributed by atoms with E-state index in [-0.39, 0.29) is 5.82 Å². The number of hydrogen-bond acceptors (Lipinski definition) is 4. The molecule has 0 unspecified atom stereocenters. The molecule has 0 fully saturated rings. The predicted molar refractivity (Wildman–Crippen MR) is 89.9 cm³/mol. The zero-order valence-corrected chi connectivity index (χ0v) is 13.0. The van der Waals surface area contributed by atoms with Crippen LogP contribution in [0.15, 0.2) is 72.8 Å². The lowest BCUT2D eigenvalue weighted by Crippen LogP contribution is -2.08. The van der Waals surface area contributed by atoms with Gasteiger partial charge in [0.15, 0.2) is 0 Å². The van der Waals surface area contributed by atoms with Gasteiger partial charge in [0.05, 0.1) is 5.56 Å². The highest BCUT2D eigenvalue weighted by atomic mass is 19.1. The van der Waals surface area contributed by atoms with Crippen molar-refractivity contribution >= 4 is 12.4 Å². The van der Waals surface area contributed by atoms with E-state index in [4.69, 9.17) is 4.74 Å². The van der Waals surface area contributed by atoms with Gasteiger partial charge < -0.3 is 9.47 Å². The van der Waals surface area contributed by atoms with Crippen LogP contribution in [0.3, 0.4) is 0 Å². The molecule has 5 heteroatoms. The maximum atomic E-state index is 13.0. The molecule has 124 valence electrons. The molecular formula is C20H13FO4. The number of esters is 1. The molecule has 0 saturated heterocycles. The van der Waals surface area contributed by atoms with Gasteiger partial charge in [-0.1, -0.05) is 24.3 Å². The van der Waals surface area contributed by atoms with E-state index in [9.17, 15) is 14.0 Å². The van der Waals surface area contributed by atoms with E-state index in [0.29, 0.717) is 23.5 Å². The van der Waals surface area contributed by atoms with Gasteiger partial charge in [0, 0.05) is 0 Å². The lowest BCUT2D eigenvalue weighted by Gasteiger charge is -2.06. The molecule has 4 nitrogen and oxygen atoms in total. The zero-order valence-electron chi connectivity index (χ0n) is 13.0. The van der Waals surface area contributed by atoms with Gasteiger partial charge in [-0.2, -0.15) is 0 Å². The second kappa shape index (κ2) is 7.40. The van der Waals surface area contributed by atoms with Crippen LogP contribution in [0.25, 0.3) is 11.1 Å². The number of carbonyl (C=O) groups excluding carboxylic acids is 2. The predicted octanol–water partition coefficient (Wildman–Crippen LogP) is 4.25. The molecule has 3 rings (SSSR count). The first-order valence-electron chi connectivity index (χ1n) is 7.44.